The lowest BCUT2D eigenvalue weighted by Gasteiger charge is -2.26. The average molecular weight is 433 g/mol. The molecule has 2 heterocycles. The van der Waals surface area contributed by atoms with Gasteiger partial charge in [0.15, 0.2) is 0 Å². The van der Waals surface area contributed by atoms with Gasteiger partial charge in [0, 0.05) is 18.5 Å². The predicted octanol–water partition coefficient (Wildman–Crippen LogP) is 3.55. The van der Waals surface area contributed by atoms with Crippen LogP contribution in [-0.2, 0) is 22.4 Å². The summed E-state index contributed by atoms with van der Waals surface area (Å²) < 4.78 is 14.5. The minimum Gasteiger partial charge on any atom is -0.329 e. The maximum absolute atomic E-state index is 13.5. The first-order valence-corrected chi connectivity index (χ1v) is 10.6. The van der Waals surface area contributed by atoms with Crippen LogP contribution in [0.3, 0.4) is 0 Å². The normalized spacial score (nSPS) is 16.2. The van der Waals surface area contributed by atoms with E-state index in [4.69, 9.17) is 0 Å². The third kappa shape index (κ3) is 4.37. The van der Waals surface area contributed by atoms with Gasteiger partial charge in [0.05, 0.1) is 10.9 Å². The van der Waals surface area contributed by atoms with Crippen LogP contribution in [0.1, 0.15) is 42.3 Å². The summed E-state index contributed by atoms with van der Waals surface area (Å²) in [5.41, 5.74) is 2.39. The van der Waals surface area contributed by atoms with Gasteiger partial charge in [-0.3, -0.25) is 19.0 Å². The molecule has 1 N–H and O–H groups in total. The molecule has 1 atom stereocenters. The number of allylic oxidation sites excluding steroid dienone is 1. The van der Waals surface area contributed by atoms with Crippen LogP contribution >= 0.6 is 0 Å². The number of carbonyl (C=O) groups is 2. The second kappa shape index (κ2) is 8.86. The Labute approximate surface area is 184 Å². The number of rotatable bonds is 6. The standard InChI is InChI=1S/C25H24FN3O3/c1-15-6-13-22(24(31)27-15)29-16(2)28-21-5-3-4-18(23(21)25(29)32)9-12-20(30)14-17-7-10-19(26)11-8-17/h3-5,7-8,10-11,22H,1,6,9,12-14H2,2H3,(H,27,31). The molecule has 4 rings (SSSR count). The number of Topliss-reactive ketones (excluding diaryl/α,β-unsaturated/α-hetero) is 1. The Morgan fingerprint density at radius 2 is 1.97 bits per heavy atom. The summed E-state index contributed by atoms with van der Waals surface area (Å²) >= 11 is 0. The van der Waals surface area contributed by atoms with Gasteiger partial charge in [-0.2, -0.15) is 0 Å². The number of nitrogens with one attached hydrogen (secondary N) is 1. The highest BCUT2D eigenvalue weighted by Crippen LogP contribution is 2.24. The summed E-state index contributed by atoms with van der Waals surface area (Å²) in [5.74, 6) is -0.134. The molecule has 0 spiro atoms. The summed E-state index contributed by atoms with van der Waals surface area (Å²) in [5, 5.41) is 3.16. The van der Waals surface area contributed by atoms with Crippen molar-refractivity contribution in [3.8, 4) is 0 Å². The van der Waals surface area contributed by atoms with Gasteiger partial charge in [0.2, 0.25) is 5.91 Å². The summed E-state index contributed by atoms with van der Waals surface area (Å²) in [6, 6.07) is 10.6. The lowest BCUT2D eigenvalue weighted by Crippen LogP contribution is -2.41. The number of halogens is 1. The first kappa shape index (κ1) is 21.6. The van der Waals surface area contributed by atoms with Gasteiger partial charge in [-0.1, -0.05) is 30.8 Å². The molecule has 3 aromatic rings. The van der Waals surface area contributed by atoms with Crippen molar-refractivity contribution in [1.82, 2.24) is 14.9 Å². The van der Waals surface area contributed by atoms with Crippen LogP contribution in [0.2, 0.25) is 0 Å². The molecule has 32 heavy (non-hydrogen) atoms. The topological polar surface area (TPSA) is 81.1 Å². The summed E-state index contributed by atoms with van der Waals surface area (Å²) in [4.78, 5) is 43.0. The summed E-state index contributed by atoms with van der Waals surface area (Å²) in [6.07, 6.45) is 1.91. The van der Waals surface area contributed by atoms with Crippen LogP contribution in [0.5, 0.6) is 0 Å². The maximum Gasteiger partial charge on any atom is 0.262 e. The molecule has 1 aliphatic heterocycles. The van der Waals surface area contributed by atoms with E-state index in [-0.39, 0.29) is 35.9 Å². The second-order valence-corrected chi connectivity index (χ2v) is 8.13. The molecular weight excluding hydrogens is 409 g/mol. The zero-order chi connectivity index (χ0) is 22.8. The summed E-state index contributed by atoms with van der Waals surface area (Å²) in [7, 11) is 0. The molecule has 1 aliphatic rings. The first-order valence-electron chi connectivity index (χ1n) is 10.6. The van der Waals surface area contributed by atoms with Gasteiger partial charge in [0.1, 0.15) is 23.5 Å². The van der Waals surface area contributed by atoms with E-state index in [1.54, 1.807) is 25.1 Å². The van der Waals surface area contributed by atoms with Crippen molar-refractivity contribution in [3.63, 3.8) is 0 Å². The van der Waals surface area contributed by atoms with E-state index < -0.39 is 6.04 Å². The molecular formula is C25H24FN3O3. The van der Waals surface area contributed by atoms with Gasteiger partial charge < -0.3 is 5.32 Å². The number of ketones is 1. The number of fused-ring (bicyclic) bond motifs is 1. The molecule has 1 saturated heterocycles. The highest BCUT2D eigenvalue weighted by Gasteiger charge is 2.28. The Hall–Kier alpha value is -3.61. The molecule has 1 unspecified atom stereocenters. The van der Waals surface area contributed by atoms with Crippen LogP contribution in [0.15, 0.2) is 59.5 Å². The number of benzene rings is 2. The monoisotopic (exact) mass is 433 g/mol. The molecule has 0 saturated carbocycles. The van der Waals surface area contributed by atoms with Crippen molar-refractivity contribution < 1.29 is 14.0 Å². The van der Waals surface area contributed by atoms with E-state index in [0.717, 1.165) is 11.1 Å². The number of hydrogen-bond acceptors (Lipinski definition) is 4. The molecule has 164 valence electrons. The third-order valence-corrected chi connectivity index (χ3v) is 5.81. The fourth-order valence-electron chi connectivity index (χ4n) is 4.20. The highest BCUT2D eigenvalue weighted by molar-refractivity contribution is 5.86. The molecule has 1 fully saturated rings. The van der Waals surface area contributed by atoms with Gasteiger partial charge in [-0.05, 0) is 55.5 Å². The fourth-order valence-corrected chi connectivity index (χ4v) is 4.20. The van der Waals surface area contributed by atoms with Crippen molar-refractivity contribution in [3.05, 3.63) is 87.9 Å². The van der Waals surface area contributed by atoms with Crippen molar-refractivity contribution in [2.75, 3.05) is 0 Å². The van der Waals surface area contributed by atoms with E-state index in [2.05, 4.69) is 16.9 Å². The molecule has 7 heteroatoms. The van der Waals surface area contributed by atoms with E-state index in [0.29, 0.717) is 41.7 Å². The zero-order valence-electron chi connectivity index (χ0n) is 17.9. The zero-order valence-corrected chi connectivity index (χ0v) is 17.9. The predicted molar refractivity (Wildman–Crippen MR) is 120 cm³/mol. The van der Waals surface area contributed by atoms with E-state index >= 15 is 0 Å². The van der Waals surface area contributed by atoms with E-state index in [9.17, 15) is 18.8 Å². The quantitative estimate of drug-likeness (QED) is 0.645. The minimum absolute atomic E-state index is 0.000761. The largest absolute Gasteiger partial charge is 0.329 e. The van der Waals surface area contributed by atoms with E-state index in [1.165, 1.54) is 16.7 Å². The summed E-state index contributed by atoms with van der Waals surface area (Å²) in [6.45, 7) is 5.51. The fraction of sp³-hybridized carbons (Fsp3) is 0.280. The van der Waals surface area contributed by atoms with Crippen molar-refractivity contribution in [1.29, 1.82) is 0 Å². The number of carbonyl (C=O) groups excluding carboxylic acids is 2. The second-order valence-electron chi connectivity index (χ2n) is 8.13. The molecule has 1 aromatic heterocycles. The lowest BCUT2D eigenvalue weighted by molar-refractivity contribution is -0.125. The average Bonchev–Trinajstić information content (AvgIpc) is 2.75. The highest BCUT2D eigenvalue weighted by atomic mass is 19.1. The number of piperidine rings is 1. The SMILES string of the molecule is C=C1CCC(n2c(C)nc3cccc(CCC(=O)Cc4ccc(F)cc4)c3c2=O)C(=O)N1. The van der Waals surface area contributed by atoms with Crippen LogP contribution in [0, 0.1) is 12.7 Å². The molecule has 0 aliphatic carbocycles. The van der Waals surface area contributed by atoms with Crippen molar-refractivity contribution in [2.45, 2.75) is 45.1 Å². The van der Waals surface area contributed by atoms with Crippen LogP contribution < -0.4 is 10.9 Å². The first-order chi connectivity index (χ1) is 15.3. The lowest BCUT2D eigenvalue weighted by atomic mass is 9.99. The van der Waals surface area contributed by atoms with Crippen LogP contribution in [-0.4, -0.2) is 21.2 Å². The number of hydrogen-bond donors (Lipinski definition) is 1. The van der Waals surface area contributed by atoms with E-state index in [1.807, 2.05) is 12.1 Å². The Balaban J connectivity index is 1.61. The minimum atomic E-state index is -0.641. The number of aryl methyl sites for hydroxylation is 2. The van der Waals surface area contributed by atoms with Crippen molar-refractivity contribution in [2.24, 2.45) is 0 Å². The van der Waals surface area contributed by atoms with Gasteiger partial charge in [0.25, 0.3) is 5.56 Å². The number of aromatic nitrogens is 2. The van der Waals surface area contributed by atoms with Gasteiger partial charge >= 0.3 is 0 Å². The Bertz CT molecular complexity index is 1280. The molecule has 0 bridgehead atoms. The van der Waals surface area contributed by atoms with Gasteiger partial charge in [-0.15, -0.1) is 0 Å². The third-order valence-electron chi connectivity index (χ3n) is 5.81. The smallest absolute Gasteiger partial charge is 0.262 e. The Morgan fingerprint density at radius 1 is 1.22 bits per heavy atom. The number of amides is 1. The van der Waals surface area contributed by atoms with Crippen LogP contribution in [0.25, 0.3) is 10.9 Å². The molecule has 6 nitrogen and oxygen atoms in total. The molecule has 1 amide bonds. The molecule has 0 radical (unpaired) electrons. The maximum atomic E-state index is 13.5. The Morgan fingerprint density at radius 3 is 2.69 bits per heavy atom. The Kier molecular flexibility index (Phi) is 5.99. The van der Waals surface area contributed by atoms with Crippen molar-refractivity contribution >= 4 is 22.6 Å². The molecule has 2 aromatic carbocycles. The van der Waals surface area contributed by atoms with Gasteiger partial charge in [-0.25, -0.2) is 9.37 Å². The number of nitrogens with zero attached hydrogens (tertiary/aromatic N) is 2. The van der Waals surface area contributed by atoms with Crippen LogP contribution in [0.4, 0.5) is 4.39 Å².